The fourth-order valence-electron chi connectivity index (χ4n) is 1.12. The number of carbonyl (C=O) groups is 1. The average Bonchev–Trinajstić information content (AvgIpc) is 2.94. The van der Waals surface area contributed by atoms with Crippen LogP contribution in [0.15, 0.2) is 0 Å². The molecule has 1 unspecified atom stereocenters. The highest BCUT2D eigenvalue weighted by atomic mass is 16.5. The summed E-state index contributed by atoms with van der Waals surface area (Å²) in [6.07, 6.45) is 2.74. The smallest absolute Gasteiger partial charge is 0.222 e. The van der Waals surface area contributed by atoms with Gasteiger partial charge >= 0.3 is 0 Å². The molecule has 4 heteroatoms. The van der Waals surface area contributed by atoms with Gasteiger partial charge in [0, 0.05) is 20.2 Å². The molecule has 3 N–H and O–H groups in total. The van der Waals surface area contributed by atoms with Crippen LogP contribution in [-0.4, -0.2) is 32.2 Å². The van der Waals surface area contributed by atoms with E-state index in [2.05, 4.69) is 5.32 Å². The molecule has 0 heterocycles. The molecule has 76 valence electrons. The van der Waals surface area contributed by atoms with Gasteiger partial charge in [-0.25, -0.2) is 0 Å². The van der Waals surface area contributed by atoms with Crippen LogP contribution in [0.5, 0.6) is 0 Å². The Morgan fingerprint density at radius 1 is 1.69 bits per heavy atom. The number of ether oxygens (including phenoxy) is 1. The zero-order chi connectivity index (χ0) is 9.68. The minimum atomic E-state index is -0.140. The maximum atomic E-state index is 11.3. The van der Waals surface area contributed by atoms with Crippen molar-refractivity contribution in [2.45, 2.75) is 25.4 Å². The Hall–Kier alpha value is -0.610. The fourth-order valence-corrected chi connectivity index (χ4v) is 1.12. The van der Waals surface area contributed by atoms with E-state index in [9.17, 15) is 4.79 Å². The number of nitrogens with one attached hydrogen (secondary N) is 1. The quantitative estimate of drug-likeness (QED) is 0.607. The van der Waals surface area contributed by atoms with Crippen LogP contribution < -0.4 is 11.1 Å². The van der Waals surface area contributed by atoms with E-state index in [1.807, 2.05) is 0 Å². The van der Waals surface area contributed by atoms with Crippen molar-refractivity contribution in [3.8, 4) is 0 Å². The molecule has 0 spiro atoms. The molecule has 1 saturated carbocycles. The Bertz CT molecular complexity index is 165. The number of hydrogen-bond donors (Lipinski definition) is 2. The van der Waals surface area contributed by atoms with E-state index in [1.165, 1.54) is 12.8 Å². The van der Waals surface area contributed by atoms with Crippen LogP contribution in [0.2, 0.25) is 0 Å². The van der Waals surface area contributed by atoms with Crippen molar-refractivity contribution in [1.82, 2.24) is 5.32 Å². The SMILES string of the molecule is COC(CN)CC(=O)NCC1CC1. The number of rotatable bonds is 6. The fraction of sp³-hybridized carbons (Fsp3) is 0.889. The van der Waals surface area contributed by atoms with E-state index in [4.69, 9.17) is 10.5 Å². The number of amides is 1. The highest BCUT2D eigenvalue weighted by Crippen LogP contribution is 2.27. The van der Waals surface area contributed by atoms with Gasteiger partial charge in [0.1, 0.15) is 0 Å². The summed E-state index contributed by atoms with van der Waals surface area (Å²) in [6, 6.07) is 0. The first-order chi connectivity index (χ1) is 6.26. The molecule has 0 aromatic carbocycles. The van der Waals surface area contributed by atoms with Gasteiger partial charge in [-0.15, -0.1) is 0 Å². The lowest BCUT2D eigenvalue weighted by Crippen LogP contribution is -2.33. The second-order valence-corrected chi connectivity index (χ2v) is 3.54. The van der Waals surface area contributed by atoms with Crippen molar-refractivity contribution in [3.63, 3.8) is 0 Å². The summed E-state index contributed by atoms with van der Waals surface area (Å²) in [4.78, 5) is 11.3. The van der Waals surface area contributed by atoms with Crippen molar-refractivity contribution >= 4 is 5.91 Å². The summed E-state index contributed by atoms with van der Waals surface area (Å²) < 4.78 is 5.01. The summed E-state index contributed by atoms with van der Waals surface area (Å²) in [7, 11) is 1.58. The van der Waals surface area contributed by atoms with Crippen molar-refractivity contribution in [1.29, 1.82) is 0 Å². The van der Waals surface area contributed by atoms with Crippen molar-refractivity contribution in [2.24, 2.45) is 11.7 Å². The zero-order valence-electron chi connectivity index (χ0n) is 8.08. The summed E-state index contributed by atoms with van der Waals surface area (Å²) >= 11 is 0. The Labute approximate surface area is 78.8 Å². The van der Waals surface area contributed by atoms with Crippen molar-refractivity contribution in [2.75, 3.05) is 20.2 Å². The molecule has 0 radical (unpaired) electrons. The molecule has 1 amide bonds. The highest BCUT2D eigenvalue weighted by molar-refractivity contribution is 5.76. The second-order valence-electron chi connectivity index (χ2n) is 3.54. The van der Waals surface area contributed by atoms with Crippen LogP contribution in [0.3, 0.4) is 0 Å². The van der Waals surface area contributed by atoms with E-state index in [0.717, 1.165) is 12.5 Å². The van der Waals surface area contributed by atoms with E-state index in [-0.39, 0.29) is 12.0 Å². The van der Waals surface area contributed by atoms with E-state index >= 15 is 0 Å². The second kappa shape index (κ2) is 5.19. The molecular weight excluding hydrogens is 168 g/mol. The van der Waals surface area contributed by atoms with Crippen LogP contribution in [0.25, 0.3) is 0 Å². The van der Waals surface area contributed by atoms with Gasteiger partial charge in [-0.05, 0) is 18.8 Å². The molecule has 0 aromatic rings. The molecule has 0 aliphatic heterocycles. The number of hydrogen-bond acceptors (Lipinski definition) is 3. The lowest BCUT2D eigenvalue weighted by Gasteiger charge is -2.12. The van der Waals surface area contributed by atoms with Gasteiger partial charge in [0.05, 0.1) is 12.5 Å². The van der Waals surface area contributed by atoms with Crippen LogP contribution in [0, 0.1) is 5.92 Å². The predicted molar refractivity (Wildman–Crippen MR) is 50.2 cm³/mol. The summed E-state index contributed by atoms with van der Waals surface area (Å²) in [5.41, 5.74) is 5.39. The van der Waals surface area contributed by atoms with Gasteiger partial charge in [0.25, 0.3) is 0 Å². The van der Waals surface area contributed by atoms with Crippen LogP contribution in [0.4, 0.5) is 0 Å². The van der Waals surface area contributed by atoms with E-state index in [1.54, 1.807) is 7.11 Å². The third-order valence-electron chi connectivity index (χ3n) is 2.29. The third kappa shape index (κ3) is 4.24. The molecule has 1 rings (SSSR count). The van der Waals surface area contributed by atoms with Gasteiger partial charge in [0.15, 0.2) is 0 Å². The lowest BCUT2D eigenvalue weighted by molar-refractivity contribution is -0.123. The largest absolute Gasteiger partial charge is 0.380 e. The third-order valence-corrected chi connectivity index (χ3v) is 2.29. The minimum absolute atomic E-state index is 0.0456. The Balaban J connectivity index is 2.07. The molecule has 0 saturated heterocycles. The first-order valence-electron chi connectivity index (χ1n) is 4.75. The molecule has 4 nitrogen and oxygen atoms in total. The van der Waals surface area contributed by atoms with Gasteiger partial charge in [-0.2, -0.15) is 0 Å². The number of methoxy groups -OCH3 is 1. The van der Waals surface area contributed by atoms with Gasteiger partial charge in [0.2, 0.25) is 5.91 Å². The molecule has 1 fully saturated rings. The Morgan fingerprint density at radius 2 is 2.38 bits per heavy atom. The van der Waals surface area contributed by atoms with Crippen molar-refractivity contribution < 1.29 is 9.53 Å². The molecule has 13 heavy (non-hydrogen) atoms. The normalized spacial score (nSPS) is 18.3. The van der Waals surface area contributed by atoms with E-state index in [0.29, 0.717) is 13.0 Å². The predicted octanol–water partition coefficient (Wildman–Crippen LogP) is -0.124. The maximum absolute atomic E-state index is 11.3. The minimum Gasteiger partial charge on any atom is -0.380 e. The van der Waals surface area contributed by atoms with Crippen LogP contribution >= 0.6 is 0 Å². The first kappa shape index (κ1) is 10.5. The zero-order valence-corrected chi connectivity index (χ0v) is 8.08. The molecular formula is C9H18N2O2. The van der Waals surface area contributed by atoms with Gasteiger partial charge in [-0.3, -0.25) is 4.79 Å². The Kier molecular flexibility index (Phi) is 4.18. The molecule has 1 atom stereocenters. The van der Waals surface area contributed by atoms with Gasteiger partial charge < -0.3 is 15.8 Å². The summed E-state index contributed by atoms with van der Waals surface area (Å²) in [5.74, 6) is 0.770. The van der Waals surface area contributed by atoms with Crippen LogP contribution in [0.1, 0.15) is 19.3 Å². The van der Waals surface area contributed by atoms with Crippen molar-refractivity contribution in [3.05, 3.63) is 0 Å². The van der Waals surface area contributed by atoms with E-state index < -0.39 is 0 Å². The molecule has 1 aliphatic rings. The first-order valence-corrected chi connectivity index (χ1v) is 4.75. The average molecular weight is 186 g/mol. The number of nitrogens with two attached hydrogens (primary N) is 1. The topological polar surface area (TPSA) is 64.3 Å². The number of carbonyl (C=O) groups excluding carboxylic acids is 1. The highest BCUT2D eigenvalue weighted by Gasteiger charge is 2.22. The molecule has 1 aliphatic carbocycles. The monoisotopic (exact) mass is 186 g/mol. The van der Waals surface area contributed by atoms with Gasteiger partial charge in [-0.1, -0.05) is 0 Å². The molecule has 0 bridgehead atoms. The summed E-state index contributed by atoms with van der Waals surface area (Å²) in [5, 5.41) is 2.87. The molecule has 0 aromatic heterocycles. The standard InChI is InChI=1S/C9H18N2O2/c1-13-8(5-10)4-9(12)11-6-7-2-3-7/h7-8H,2-6,10H2,1H3,(H,11,12). The lowest BCUT2D eigenvalue weighted by atomic mass is 10.2. The summed E-state index contributed by atoms with van der Waals surface area (Å²) in [6.45, 7) is 1.22. The van der Waals surface area contributed by atoms with Crippen LogP contribution in [-0.2, 0) is 9.53 Å². The Morgan fingerprint density at radius 3 is 2.85 bits per heavy atom. The maximum Gasteiger partial charge on any atom is 0.222 e.